The number of carboxylic acid groups (broad SMARTS) is 1. The van der Waals surface area contributed by atoms with Gasteiger partial charge >= 0.3 is 5.97 Å². The van der Waals surface area contributed by atoms with E-state index >= 15 is 0 Å². The van der Waals surface area contributed by atoms with Crippen LogP contribution < -0.4 is 9.47 Å². The fourth-order valence-electron chi connectivity index (χ4n) is 1.64. The Balaban J connectivity index is 1.80. The third-order valence-corrected chi connectivity index (χ3v) is 4.48. The number of benzene rings is 1. The van der Waals surface area contributed by atoms with E-state index in [9.17, 15) is 4.79 Å². The molecule has 1 aromatic carbocycles. The number of thioether (sulfide) groups is 1. The van der Waals surface area contributed by atoms with Gasteiger partial charge < -0.3 is 14.6 Å². The summed E-state index contributed by atoms with van der Waals surface area (Å²) in [6.45, 7) is 0.246. The molecule has 1 aromatic heterocycles. The maximum atomic E-state index is 10.5. The van der Waals surface area contributed by atoms with E-state index in [1.54, 1.807) is 0 Å². The van der Waals surface area contributed by atoms with Crippen molar-refractivity contribution in [3.63, 3.8) is 0 Å². The number of nitrogens with zero attached hydrogens (tertiary/aromatic N) is 1. The van der Waals surface area contributed by atoms with Crippen molar-refractivity contribution in [2.24, 2.45) is 0 Å². The predicted molar refractivity (Wildman–Crippen MR) is 72.0 cm³/mol. The highest BCUT2D eigenvalue weighted by atomic mass is 32.2. The van der Waals surface area contributed by atoms with Gasteiger partial charge in [-0.1, -0.05) is 11.8 Å². The first kappa shape index (κ1) is 12.3. The van der Waals surface area contributed by atoms with E-state index in [1.807, 2.05) is 23.6 Å². The topological polar surface area (TPSA) is 68.7 Å². The Hall–Kier alpha value is -1.73. The highest BCUT2D eigenvalue weighted by Crippen LogP contribution is 2.36. The summed E-state index contributed by atoms with van der Waals surface area (Å²) in [6.07, 6.45) is 0. The number of aliphatic carboxylic acids is 1. The lowest BCUT2D eigenvalue weighted by atomic mass is 10.1. The van der Waals surface area contributed by atoms with E-state index < -0.39 is 5.97 Å². The van der Waals surface area contributed by atoms with Gasteiger partial charge in [0.25, 0.3) is 0 Å². The van der Waals surface area contributed by atoms with Gasteiger partial charge in [0.1, 0.15) is 0 Å². The zero-order valence-electron chi connectivity index (χ0n) is 9.66. The number of hydrogen-bond acceptors (Lipinski definition) is 6. The van der Waals surface area contributed by atoms with E-state index in [2.05, 4.69) is 4.98 Å². The molecule has 98 valence electrons. The molecule has 0 bridgehead atoms. The second kappa shape index (κ2) is 5.10. The fraction of sp³-hybridized carbons (Fsp3) is 0.167. The number of fused-ring (bicyclic) bond motifs is 1. The van der Waals surface area contributed by atoms with Gasteiger partial charge in [0.05, 0.1) is 11.4 Å². The number of ether oxygens (including phenoxy) is 2. The van der Waals surface area contributed by atoms with Gasteiger partial charge in [-0.2, -0.15) is 0 Å². The first-order valence-electron chi connectivity index (χ1n) is 5.42. The van der Waals surface area contributed by atoms with E-state index in [0.29, 0.717) is 5.75 Å². The number of carboxylic acids is 1. The highest BCUT2D eigenvalue weighted by molar-refractivity contribution is 8.01. The normalized spacial score (nSPS) is 12.6. The van der Waals surface area contributed by atoms with Gasteiger partial charge in [0.2, 0.25) is 6.79 Å². The van der Waals surface area contributed by atoms with Crippen LogP contribution in [-0.4, -0.2) is 28.6 Å². The van der Waals surface area contributed by atoms with Crippen LogP contribution in [0.1, 0.15) is 0 Å². The molecule has 5 nitrogen and oxygen atoms in total. The Morgan fingerprint density at radius 2 is 2.26 bits per heavy atom. The van der Waals surface area contributed by atoms with Crippen LogP contribution in [0.5, 0.6) is 11.5 Å². The van der Waals surface area contributed by atoms with E-state index in [4.69, 9.17) is 14.6 Å². The Morgan fingerprint density at radius 3 is 3.11 bits per heavy atom. The Kier molecular flexibility index (Phi) is 3.31. The first-order chi connectivity index (χ1) is 9.22. The number of rotatable bonds is 4. The van der Waals surface area contributed by atoms with Crippen molar-refractivity contribution in [3.8, 4) is 22.8 Å². The molecule has 0 spiro atoms. The molecule has 0 fully saturated rings. The van der Waals surface area contributed by atoms with Gasteiger partial charge in [-0.15, -0.1) is 11.3 Å². The van der Waals surface area contributed by atoms with E-state index in [0.717, 1.165) is 21.3 Å². The van der Waals surface area contributed by atoms with Crippen LogP contribution in [-0.2, 0) is 4.79 Å². The largest absolute Gasteiger partial charge is 0.481 e. The molecule has 1 aliphatic heterocycles. The minimum absolute atomic E-state index is 0.0219. The summed E-state index contributed by atoms with van der Waals surface area (Å²) >= 11 is 2.66. The second-order valence-corrected chi connectivity index (χ2v) is 5.83. The first-order valence-corrected chi connectivity index (χ1v) is 7.29. The fourth-order valence-corrected chi connectivity index (χ4v) is 3.19. The molecule has 0 unspecified atom stereocenters. The van der Waals surface area contributed by atoms with E-state index in [1.165, 1.54) is 23.1 Å². The lowest BCUT2D eigenvalue weighted by Gasteiger charge is -1.99. The van der Waals surface area contributed by atoms with Gasteiger partial charge in [-0.25, -0.2) is 4.98 Å². The summed E-state index contributed by atoms with van der Waals surface area (Å²) in [7, 11) is 0. The maximum Gasteiger partial charge on any atom is 0.313 e. The zero-order valence-corrected chi connectivity index (χ0v) is 11.3. The monoisotopic (exact) mass is 295 g/mol. The molecule has 0 radical (unpaired) electrons. The second-order valence-electron chi connectivity index (χ2n) is 3.75. The number of carbonyl (C=O) groups is 1. The summed E-state index contributed by atoms with van der Waals surface area (Å²) in [4.78, 5) is 14.9. The molecule has 19 heavy (non-hydrogen) atoms. The number of hydrogen-bond donors (Lipinski definition) is 1. The Morgan fingerprint density at radius 1 is 1.42 bits per heavy atom. The molecule has 0 atom stereocenters. The highest BCUT2D eigenvalue weighted by Gasteiger charge is 2.15. The van der Waals surface area contributed by atoms with Crippen LogP contribution in [0.4, 0.5) is 0 Å². The van der Waals surface area contributed by atoms with Crippen LogP contribution in [0.2, 0.25) is 0 Å². The summed E-state index contributed by atoms with van der Waals surface area (Å²) in [5.74, 6) is 0.628. The number of thiazole rings is 1. The van der Waals surface area contributed by atoms with Crippen molar-refractivity contribution in [2.45, 2.75) is 4.34 Å². The third-order valence-electron chi connectivity index (χ3n) is 2.47. The third kappa shape index (κ3) is 2.66. The molecule has 1 aliphatic rings. The van der Waals surface area contributed by atoms with Gasteiger partial charge in [0.15, 0.2) is 15.8 Å². The summed E-state index contributed by atoms with van der Waals surface area (Å²) in [5.41, 5.74) is 1.75. The minimum atomic E-state index is -0.843. The van der Waals surface area contributed by atoms with Crippen LogP contribution in [0.15, 0.2) is 27.9 Å². The minimum Gasteiger partial charge on any atom is -0.481 e. The van der Waals surface area contributed by atoms with Crippen LogP contribution in [0, 0.1) is 0 Å². The SMILES string of the molecule is O=C(O)CSc1nc(-c2ccc3c(c2)OCO3)cs1. The molecular weight excluding hydrogens is 286 g/mol. The van der Waals surface area contributed by atoms with Crippen molar-refractivity contribution in [2.75, 3.05) is 12.5 Å². The molecule has 2 aromatic rings. The molecule has 0 amide bonds. The smallest absolute Gasteiger partial charge is 0.313 e. The average molecular weight is 295 g/mol. The molecule has 0 aliphatic carbocycles. The van der Waals surface area contributed by atoms with Crippen LogP contribution >= 0.6 is 23.1 Å². The van der Waals surface area contributed by atoms with Crippen LogP contribution in [0.3, 0.4) is 0 Å². The standard InChI is InChI=1S/C12H9NO4S2/c14-11(15)5-19-12-13-8(4-18-12)7-1-2-9-10(3-7)17-6-16-9/h1-4H,5-6H2,(H,14,15). The van der Waals surface area contributed by atoms with Gasteiger partial charge in [-0.3, -0.25) is 4.79 Å². The summed E-state index contributed by atoms with van der Waals surface area (Å²) in [6, 6.07) is 5.64. The van der Waals surface area contributed by atoms with Crippen molar-refractivity contribution in [1.82, 2.24) is 4.98 Å². The van der Waals surface area contributed by atoms with Crippen molar-refractivity contribution in [1.29, 1.82) is 0 Å². The lowest BCUT2D eigenvalue weighted by Crippen LogP contribution is -1.96. The quantitative estimate of drug-likeness (QED) is 0.875. The summed E-state index contributed by atoms with van der Waals surface area (Å²) in [5, 5.41) is 10.5. The van der Waals surface area contributed by atoms with Gasteiger partial charge in [-0.05, 0) is 18.2 Å². The Bertz CT molecular complexity index is 626. The Labute approximate surface area is 117 Å². The molecule has 0 saturated heterocycles. The van der Waals surface area contributed by atoms with E-state index in [-0.39, 0.29) is 12.5 Å². The molecule has 1 N–H and O–H groups in total. The predicted octanol–water partition coefficient (Wildman–Crippen LogP) is 2.72. The zero-order chi connectivity index (χ0) is 13.2. The average Bonchev–Trinajstić information content (AvgIpc) is 3.04. The molecule has 3 rings (SSSR count). The van der Waals surface area contributed by atoms with Crippen molar-refractivity contribution < 1.29 is 19.4 Å². The molecule has 7 heteroatoms. The summed E-state index contributed by atoms with van der Waals surface area (Å²) < 4.78 is 11.3. The lowest BCUT2D eigenvalue weighted by molar-refractivity contribution is -0.133. The van der Waals surface area contributed by atoms with Crippen molar-refractivity contribution in [3.05, 3.63) is 23.6 Å². The maximum absolute atomic E-state index is 10.5. The number of aromatic nitrogens is 1. The van der Waals surface area contributed by atoms with Crippen LogP contribution in [0.25, 0.3) is 11.3 Å². The molecule has 2 heterocycles. The molecule has 0 saturated carbocycles. The molecular formula is C12H9NO4S2. The van der Waals surface area contributed by atoms with Crippen molar-refractivity contribution >= 4 is 29.1 Å². The van der Waals surface area contributed by atoms with Gasteiger partial charge in [0, 0.05) is 10.9 Å².